The van der Waals surface area contributed by atoms with Gasteiger partial charge in [-0.15, -0.1) is 0 Å². The molecule has 1 aromatic rings. The van der Waals surface area contributed by atoms with Crippen LogP contribution >= 0.6 is 67.8 Å². The van der Waals surface area contributed by atoms with Crippen molar-refractivity contribution in [2.75, 3.05) is 0 Å². The van der Waals surface area contributed by atoms with Crippen LogP contribution in [0.15, 0.2) is 0 Å². The first-order valence-electron chi connectivity index (χ1n) is 3.61. The monoisotopic (exact) mass is 554 g/mol. The molecule has 0 radical (unpaired) electrons. The zero-order valence-electron chi connectivity index (χ0n) is 7.22. The van der Waals surface area contributed by atoms with E-state index in [1.807, 2.05) is 0 Å². The van der Waals surface area contributed by atoms with Crippen molar-refractivity contribution in [2.24, 2.45) is 0 Å². The largest absolute Gasteiger partial charge is 0.506 e. The highest BCUT2D eigenvalue weighted by molar-refractivity contribution is 14.1. The molecule has 0 heterocycles. The van der Waals surface area contributed by atoms with Gasteiger partial charge in [-0.3, -0.25) is 0 Å². The Morgan fingerprint density at radius 2 is 1.47 bits per heavy atom. The van der Waals surface area contributed by atoms with Gasteiger partial charge in [0, 0.05) is 12.7 Å². The van der Waals surface area contributed by atoms with E-state index >= 15 is 0 Å². The molecule has 0 atom stereocenters. The summed E-state index contributed by atoms with van der Waals surface area (Å²) in [4.78, 5) is 0. The van der Waals surface area contributed by atoms with Gasteiger partial charge in [0.15, 0.2) is 0 Å². The van der Waals surface area contributed by atoms with Crippen molar-refractivity contribution in [1.82, 2.24) is 0 Å². The van der Waals surface area contributed by atoms with Gasteiger partial charge in [-0.1, -0.05) is 0 Å². The summed E-state index contributed by atoms with van der Waals surface area (Å²) in [6.07, 6.45) is -4.38. The summed E-state index contributed by atoms with van der Waals surface area (Å²) < 4.78 is 38.5. The zero-order chi connectivity index (χ0) is 12.0. The van der Waals surface area contributed by atoms with Crippen LogP contribution in [0.4, 0.5) is 13.2 Å². The summed E-state index contributed by atoms with van der Waals surface area (Å²) in [5.41, 5.74) is -0.392. The van der Waals surface area contributed by atoms with Crippen LogP contribution in [0.2, 0.25) is 0 Å². The van der Waals surface area contributed by atoms with Gasteiger partial charge in [0.25, 0.3) is 0 Å². The molecule has 1 rings (SSSR count). The van der Waals surface area contributed by atoms with Gasteiger partial charge in [0.1, 0.15) is 5.75 Å². The highest BCUT2D eigenvalue weighted by atomic mass is 127. The summed E-state index contributed by atoms with van der Waals surface area (Å²) in [5.74, 6) is -0.0719. The van der Waals surface area contributed by atoms with E-state index in [1.165, 1.54) is 6.92 Å². The van der Waals surface area contributed by atoms with Gasteiger partial charge < -0.3 is 5.11 Å². The summed E-state index contributed by atoms with van der Waals surface area (Å²) in [7, 11) is 0. The molecule has 1 aromatic carbocycles. The number of alkyl halides is 3. The first-order chi connectivity index (χ1) is 6.68. The Morgan fingerprint density at radius 1 is 1.00 bits per heavy atom. The molecule has 0 aromatic heterocycles. The number of aromatic hydroxyl groups is 1. The van der Waals surface area contributed by atoms with Crippen molar-refractivity contribution in [3.05, 3.63) is 21.8 Å². The third-order valence-corrected chi connectivity index (χ3v) is 6.32. The van der Waals surface area contributed by atoms with Crippen LogP contribution in [0.5, 0.6) is 5.75 Å². The Bertz CT molecular complexity index is 386. The van der Waals surface area contributed by atoms with Gasteiger partial charge >= 0.3 is 6.18 Å². The van der Waals surface area contributed by atoms with Crippen molar-refractivity contribution in [2.45, 2.75) is 13.1 Å². The second-order valence-corrected chi connectivity index (χ2v) is 6.02. The Hall–Kier alpha value is 1.000. The average molecular weight is 554 g/mol. The second kappa shape index (κ2) is 4.70. The Kier molecular flexibility index (Phi) is 4.41. The fraction of sp³-hybridized carbons (Fsp3) is 0.250. The predicted octanol–water partition coefficient (Wildman–Crippen LogP) is 4.53. The lowest BCUT2D eigenvalue weighted by Crippen LogP contribution is -2.12. The third kappa shape index (κ3) is 2.64. The second-order valence-electron chi connectivity index (χ2n) is 2.79. The van der Waals surface area contributed by atoms with Crippen LogP contribution in [-0.4, -0.2) is 5.11 Å². The standard InChI is InChI=1S/C8H4F3I3O/c1-2-4(12)3(8(9,10)11)5(13)6(14)7(2)15/h15H,1H3. The summed E-state index contributed by atoms with van der Waals surface area (Å²) in [6.45, 7) is 1.48. The Labute approximate surface area is 125 Å². The Morgan fingerprint density at radius 3 is 1.87 bits per heavy atom. The van der Waals surface area contributed by atoms with Gasteiger partial charge in [0.2, 0.25) is 0 Å². The molecule has 0 saturated carbocycles. The molecule has 0 amide bonds. The number of hydrogen-bond donors (Lipinski definition) is 1. The van der Waals surface area contributed by atoms with E-state index in [-0.39, 0.29) is 22.0 Å². The summed E-state index contributed by atoms with van der Waals surface area (Å²) in [6, 6.07) is 0. The SMILES string of the molecule is Cc1c(O)c(I)c(I)c(C(F)(F)F)c1I. The molecule has 0 aliphatic heterocycles. The highest BCUT2D eigenvalue weighted by Crippen LogP contribution is 2.43. The van der Waals surface area contributed by atoms with E-state index in [0.717, 1.165) is 0 Å². The van der Waals surface area contributed by atoms with Crippen LogP contribution in [0.3, 0.4) is 0 Å². The molecule has 1 N–H and O–H groups in total. The summed E-state index contributed by atoms with van der Waals surface area (Å²) >= 11 is 4.93. The quantitative estimate of drug-likeness (QED) is 0.370. The minimum atomic E-state index is -4.38. The zero-order valence-corrected chi connectivity index (χ0v) is 13.7. The van der Waals surface area contributed by atoms with Crippen LogP contribution in [0, 0.1) is 17.6 Å². The van der Waals surface area contributed by atoms with Crippen molar-refractivity contribution >= 4 is 67.8 Å². The average Bonchev–Trinajstić information content (AvgIpc) is 2.09. The molecule has 0 aliphatic rings. The number of hydrogen-bond acceptors (Lipinski definition) is 1. The number of benzene rings is 1. The number of phenols is 1. The molecule has 0 unspecified atom stereocenters. The molecular formula is C8H4F3I3O. The topological polar surface area (TPSA) is 20.2 Å². The number of halogens is 6. The van der Waals surface area contributed by atoms with Crippen LogP contribution in [0.1, 0.15) is 11.1 Å². The molecule has 0 spiro atoms. The normalized spacial score (nSPS) is 11.9. The fourth-order valence-corrected chi connectivity index (χ4v) is 3.87. The van der Waals surface area contributed by atoms with Crippen molar-refractivity contribution in [3.8, 4) is 5.75 Å². The molecule has 1 nitrogen and oxygen atoms in total. The van der Waals surface area contributed by atoms with Crippen molar-refractivity contribution < 1.29 is 18.3 Å². The molecule has 7 heteroatoms. The van der Waals surface area contributed by atoms with E-state index in [0.29, 0.717) is 0 Å². The van der Waals surface area contributed by atoms with Gasteiger partial charge in [-0.25, -0.2) is 0 Å². The summed E-state index contributed by atoms with van der Waals surface area (Å²) in [5, 5.41) is 9.57. The molecule has 0 aliphatic carbocycles. The minimum absolute atomic E-state index is 0.0493. The molecule has 0 fully saturated rings. The maximum Gasteiger partial charge on any atom is 0.418 e. The molecular weight excluding hydrogens is 550 g/mol. The van der Waals surface area contributed by atoms with Crippen molar-refractivity contribution in [3.63, 3.8) is 0 Å². The van der Waals surface area contributed by atoms with Gasteiger partial charge in [0.05, 0.1) is 9.13 Å². The molecule has 15 heavy (non-hydrogen) atoms. The Balaban J connectivity index is 3.68. The molecule has 0 bridgehead atoms. The number of phenolic OH excluding ortho intramolecular Hbond substituents is 1. The van der Waals surface area contributed by atoms with E-state index in [9.17, 15) is 18.3 Å². The highest BCUT2D eigenvalue weighted by Gasteiger charge is 2.38. The first kappa shape index (κ1) is 14.1. The van der Waals surface area contributed by atoms with Gasteiger partial charge in [-0.2, -0.15) is 13.2 Å². The minimum Gasteiger partial charge on any atom is -0.506 e. The van der Waals surface area contributed by atoms with Crippen LogP contribution in [0.25, 0.3) is 0 Å². The lowest BCUT2D eigenvalue weighted by molar-refractivity contribution is -0.139. The maximum atomic E-state index is 12.7. The third-order valence-electron chi connectivity index (χ3n) is 1.81. The lowest BCUT2D eigenvalue weighted by atomic mass is 10.1. The van der Waals surface area contributed by atoms with Crippen LogP contribution < -0.4 is 0 Å². The molecule has 0 saturated heterocycles. The predicted molar refractivity (Wildman–Crippen MR) is 76.0 cm³/mol. The van der Waals surface area contributed by atoms with Crippen molar-refractivity contribution in [1.29, 1.82) is 0 Å². The molecule has 84 valence electrons. The maximum absolute atomic E-state index is 12.7. The van der Waals surface area contributed by atoms with E-state index < -0.39 is 11.7 Å². The smallest absolute Gasteiger partial charge is 0.418 e. The van der Waals surface area contributed by atoms with Crippen LogP contribution in [-0.2, 0) is 6.18 Å². The van der Waals surface area contributed by atoms with E-state index in [1.54, 1.807) is 67.8 Å². The fourth-order valence-electron chi connectivity index (χ4n) is 1.02. The first-order valence-corrected chi connectivity index (χ1v) is 6.84. The lowest BCUT2D eigenvalue weighted by Gasteiger charge is -2.16. The van der Waals surface area contributed by atoms with E-state index in [2.05, 4.69) is 0 Å². The van der Waals surface area contributed by atoms with E-state index in [4.69, 9.17) is 0 Å². The van der Waals surface area contributed by atoms with Gasteiger partial charge in [-0.05, 0) is 74.7 Å². The number of rotatable bonds is 0.